The van der Waals surface area contributed by atoms with Crippen LogP contribution >= 0.6 is 0 Å². The Labute approximate surface area is 121 Å². The molecular formula is C16H27N3O. The standard InChI is InChI=1S/C16H27N3O/c1-3-14(4-2)19-9-6-13(18-19)10-15(20)11-16(12-17)7-5-8-16/h6,9,14H,3-5,7-8,10-12,17H2,1-2H3. The minimum Gasteiger partial charge on any atom is -0.330 e. The van der Waals surface area contributed by atoms with Crippen LogP contribution in [-0.2, 0) is 11.2 Å². The molecule has 0 aliphatic heterocycles. The molecule has 1 fully saturated rings. The van der Waals surface area contributed by atoms with Gasteiger partial charge in [-0.1, -0.05) is 20.3 Å². The number of aromatic nitrogens is 2. The number of ketones is 1. The second kappa shape index (κ2) is 6.53. The monoisotopic (exact) mass is 277 g/mol. The van der Waals surface area contributed by atoms with Crippen molar-refractivity contribution in [1.82, 2.24) is 9.78 Å². The first kappa shape index (κ1) is 15.2. The average molecular weight is 277 g/mol. The van der Waals surface area contributed by atoms with Crippen molar-refractivity contribution in [2.24, 2.45) is 11.1 Å². The molecular weight excluding hydrogens is 250 g/mol. The highest BCUT2D eigenvalue weighted by atomic mass is 16.1. The summed E-state index contributed by atoms with van der Waals surface area (Å²) in [6.45, 7) is 4.98. The fraction of sp³-hybridized carbons (Fsp3) is 0.750. The van der Waals surface area contributed by atoms with Gasteiger partial charge in [0.2, 0.25) is 0 Å². The summed E-state index contributed by atoms with van der Waals surface area (Å²) in [5, 5.41) is 4.56. The number of rotatable bonds is 8. The Bertz CT molecular complexity index is 439. The van der Waals surface area contributed by atoms with Crippen LogP contribution < -0.4 is 5.73 Å². The summed E-state index contributed by atoms with van der Waals surface area (Å²) in [5.41, 5.74) is 6.82. The van der Waals surface area contributed by atoms with Gasteiger partial charge in [-0.2, -0.15) is 5.10 Å². The summed E-state index contributed by atoms with van der Waals surface area (Å²) in [7, 11) is 0. The van der Waals surface area contributed by atoms with Gasteiger partial charge in [-0.05, 0) is 43.7 Å². The van der Waals surface area contributed by atoms with E-state index in [0.717, 1.165) is 31.4 Å². The second-order valence-electron chi connectivity index (χ2n) is 6.21. The lowest BCUT2D eigenvalue weighted by atomic mass is 9.66. The predicted molar refractivity (Wildman–Crippen MR) is 80.5 cm³/mol. The highest BCUT2D eigenvalue weighted by molar-refractivity contribution is 5.81. The number of hydrogen-bond acceptors (Lipinski definition) is 3. The van der Waals surface area contributed by atoms with Gasteiger partial charge < -0.3 is 5.73 Å². The molecule has 0 aromatic carbocycles. The third-order valence-electron chi connectivity index (χ3n) is 4.78. The minimum atomic E-state index is 0.106. The lowest BCUT2D eigenvalue weighted by molar-refractivity contribution is -0.122. The molecule has 1 aromatic heterocycles. The molecule has 0 amide bonds. The Morgan fingerprint density at radius 3 is 2.65 bits per heavy atom. The van der Waals surface area contributed by atoms with Gasteiger partial charge in [0.25, 0.3) is 0 Å². The van der Waals surface area contributed by atoms with Crippen molar-refractivity contribution in [2.75, 3.05) is 6.54 Å². The van der Waals surface area contributed by atoms with E-state index in [2.05, 4.69) is 18.9 Å². The van der Waals surface area contributed by atoms with Crippen molar-refractivity contribution < 1.29 is 4.79 Å². The molecule has 1 saturated carbocycles. The number of hydrogen-bond donors (Lipinski definition) is 1. The molecule has 0 atom stereocenters. The van der Waals surface area contributed by atoms with Gasteiger partial charge in [0.1, 0.15) is 5.78 Å². The molecule has 20 heavy (non-hydrogen) atoms. The van der Waals surface area contributed by atoms with E-state index >= 15 is 0 Å². The topological polar surface area (TPSA) is 60.9 Å². The molecule has 0 radical (unpaired) electrons. The molecule has 4 heteroatoms. The Morgan fingerprint density at radius 1 is 1.45 bits per heavy atom. The molecule has 1 aliphatic rings. The van der Waals surface area contributed by atoms with Crippen LogP contribution in [0.25, 0.3) is 0 Å². The van der Waals surface area contributed by atoms with Crippen LogP contribution in [-0.4, -0.2) is 22.1 Å². The van der Waals surface area contributed by atoms with Crippen molar-refractivity contribution in [3.8, 4) is 0 Å². The fourth-order valence-corrected chi connectivity index (χ4v) is 3.15. The smallest absolute Gasteiger partial charge is 0.139 e. The Balaban J connectivity index is 1.91. The van der Waals surface area contributed by atoms with Crippen molar-refractivity contribution in [2.45, 2.75) is 64.8 Å². The van der Waals surface area contributed by atoms with Crippen LogP contribution in [0.5, 0.6) is 0 Å². The first-order chi connectivity index (χ1) is 9.62. The summed E-state index contributed by atoms with van der Waals surface area (Å²) >= 11 is 0. The summed E-state index contributed by atoms with van der Waals surface area (Å²) in [6.07, 6.45) is 8.66. The first-order valence-corrected chi connectivity index (χ1v) is 7.88. The number of Topliss-reactive ketones (excluding diaryl/α,β-unsaturated/α-hetero) is 1. The van der Waals surface area contributed by atoms with E-state index in [1.165, 1.54) is 6.42 Å². The zero-order valence-electron chi connectivity index (χ0n) is 12.8. The lowest BCUT2D eigenvalue weighted by Crippen LogP contribution is -2.39. The molecule has 0 bridgehead atoms. The van der Waals surface area contributed by atoms with Crippen LogP contribution in [0, 0.1) is 5.41 Å². The zero-order chi connectivity index (χ0) is 14.6. The van der Waals surface area contributed by atoms with Gasteiger partial charge >= 0.3 is 0 Å². The van der Waals surface area contributed by atoms with Crippen LogP contribution in [0.4, 0.5) is 0 Å². The zero-order valence-corrected chi connectivity index (χ0v) is 12.8. The molecule has 0 saturated heterocycles. The third kappa shape index (κ3) is 3.29. The molecule has 112 valence electrons. The molecule has 1 aromatic rings. The van der Waals surface area contributed by atoms with Crippen molar-refractivity contribution in [1.29, 1.82) is 0 Å². The molecule has 1 aliphatic carbocycles. The summed E-state index contributed by atoms with van der Waals surface area (Å²) in [6, 6.07) is 2.42. The second-order valence-corrected chi connectivity index (χ2v) is 6.21. The van der Waals surface area contributed by atoms with Crippen LogP contribution in [0.1, 0.15) is 64.1 Å². The minimum absolute atomic E-state index is 0.106. The first-order valence-electron chi connectivity index (χ1n) is 7.88. The Morgan fingerprint density at radius 2 is 2.15 bits per heavy atom. The summed E-state index contributed by atoms with van der Waals surface area (Å²) < 4.78 is 2.00. The summed E-state index contributed by atoms with van der Waals surface area (Å²) in [4.78, 5) is 12.2. The highest BCUT2D eigenvalue weighted by Gasteiger charge is 2.37. The van der Waals surface area contributed by atoms with Gasteiger partial charge in [-0.3, -0.25) is 9.48 Å². The van der Waals surface area contributed by atoms with Crippen molar-refractivity contribution in [3.63, 3.8) is 0 Å². The van der Waals surface area contributed by atoms with E-state index in [1.807, 2.05) is 16.9 Å². The number of nitrogens with two attached hydrogens (primary N) is 1. The predicted octanol–water partition coefficient (Wildman–Crippen LogP) is 2.87. The normalized spacial score (nSPS) is 17.2. The molecule has 4 nitrogen and oxygen atoms in total. The quantitative estimate of drug-likeness (QED) is 0.794. The van der Waals surface area contributed by atoms with E-state index < -0.39 is 0 Å². The largest absolute Gasteiger partial charge is 0.330 e. The average Bonchev–Trinajstić information content (AvgIpc) is 2.84. The lowest BCUT2D eigenvalue weighted by Gasteiger charge is -2.40. The van der Waals surface area contributed by atoms with Crippen molar-refractivity contribution in [3.05, 3.63) is 18.0 Å². The van der Waals surface area contributed by atoms with E-state index in [4.69, 9.17) is 5.73 Å². The highest BCUT2D eigenvalue weighted by Crippen LogP contribution is 2.43. The Kier molecular flexibility index (Phi) is 4.97. The van der Waals surface area contributed by atoms with Gasteiger partial charge in [0.05, 0.1) is 18.2 Å². The van der Waals surface area contributed by atoms with Crippen LogP contribution in [0.15, 0.2) is 12.3 Å². The molecule has 2 N–H and O–H groups in total. The third-order valence-corrected chi connectivity index (χ3v) is 4.78. The maximum absolute atomic E-state index is 12.2. The number of carbonyl (C=O) groups is 1. The van der Waals surface area contributed by atoms with Gasteiger partial charge in [0.15, 0.2) is 0 Å². The molecule has 2 rings (SSSR count). The number of nitrogens with zero attached hydrogens (tertiary/aromatic N) is 2. The maximum atomic E-state index is 12.2. The SMILES string of the molecule is CCC(CC)n1ccc(CC(=O)CC2(CN)CCC2)n1. The van der Waals surface area contributed by atoms with E-state index in [9.17, 15) is 4.79 Å². The fourth-order valence-electron chi connectivity index (χ4n) is 3.15. The Hall–Kier alpha value is -1.16. The van der Waals surface area contributed by atoms with Gasteiger partial charge in [0, 0.05) is 12.6 Å². The van der Waals surface area contributed by atoms with E-state index in [0.29, 0.717) is 25.4 Å². The number of carbonyl (C=O) groups excluding carboxylic acids is 1. The van der Waals surface area contributed by atoms with Crippen molar-refractivity contribution >= 4 is 5.78 Å². The molecule has 0 spiro atoms. The van der Waals surface area contributed by atoms with E-state index in [-0.39, 0.29) is 11.2 Å². The van der Waals surface area contributed by atoms with Crippen LogP contribution in [0.2, 0.25) is 0 Å². The molecule has 1 heterocycles. The maximum Gasteiger partial charge on any atom is 0.139 e. The molecule has 0 unspecified atom stereocenters. The van der Waals surface area contributed by atoms with Gasteiger partial charge in [-0.25, -0.2) is 0 Å². The van der Waals surface area contributed by atoms with Crippen LogP contribution in [0.3, 0.4) is 0 Å². The summed E-state index contributed by atoms with van der Waals surface area (Å²) in [5.74, 6) is 0.282. The van der Waals surface area contributed by atoms with Gasteiger partial charge in [-0.15, -0.1) is 0 Å². The van der Waals surface area contributed by atoms with E-state index in [1.54, 1.807) is 0 Å².